The standard InChI is InChI=1S/C22H20BrFN2O3S/c23-18-8-10-21(20(24)13-18)25-22(27)17-6-3-11-26(14-17)30(28,29)19-9-7-15-4-1-2-5-16(15)12-19/h1-2,4-5,7-10,12-13,17H,3,6,11,14H2,(H,25,27)/t17-/m1/s1. The summed E-state index contributed by atoms with van der Waals surface area (Å²) < 4.78 is 42.3. The monoisotopic (exact) mass is 490 g/mol. The topological polar surface area (TPSA) is 66.5 Å². The van der Waals surface area contributed by atoms with Gasteiger partial charge in [0.1, 0.15) is 5.82 Å². The molecule has 0 spiro atoms. The van der Waals surface area contributed by atoms with Crippen molar-refractivity contribution in [3.05, 3.63) is 71.0 Å². The molecule has 1 atom stereocenters. The van der Waals surface area contributed by atoms with Gasteiger partial charge in [-0.05, 0) is 53.9 Å². The van der Waals surface area contributed by atoms with E-state index >= 15 is 0 Å². The number of nitrogens with zero attached hydrogens (tertiary/aromatic N) is 1. The number of nitrogens with one attached hydrogen (secondary N) is 1. The highest BCUT2D eigenvalue weighted by molar-refractivity contribution is 9.10. The van der Waals surface area contributed by atoms with Crippen molar-refractivity contribution in [2.24, 2.45) is 5.92 Å². The van der Waals surface area contributed by atoms with E-state index < -0.39 is 21.8 Å². The smallest absolute Gasteiger partial charge is 0.243 e. The van der Waals surface area contributed by atoms with Gasteiger partial charge in [-0.25, -0.2) is 12.8 Å². The Hall–Kier alpha value is -2.29. The summed E-state index contributed by atoms with van der Waals surface area (Å²) in [5.41, 5.74) is 0.0812. The van der Waals surface area contributed by atoms with Crippen molar-refractivity contribution in [1.29, 1.82) is 0 Å². The van der Waals surface area contributed by atoms with Crippen LogP contribution in [0.25, 0.3) is 10.8 Å². The molecular formula is C22H20BrFN2O3S. The van der Waals surface area contributed by atoms with E-state index in [1.54, 1.807) is 24.3 Å². The first-order chi connectivity index (χ1) is 14.3. The molecular weight excluding hydrogens is 471 g/mol. The van der Waals surface area contributed by atoms with Crippen molar-refractivity contribution in [3.63, 3.8) is 0 Å². The molecule has 5 nitrogen and oxygen atoms in total. The highest BCUT2D eigenvalue weighted by Crippen LogP contribution is 2.27. The normalized spacial score (nSPS) is 17.7. The van der Waals surface area contributed by atoms with Crippen molar-refractivity contribution < 1.29 is 17.6 Å². The van der Waals surface area contributed by atoms with Crippen molar-refractivity contribution in [2.45, 2.75) is 17.7 Å². The summed E-state index contributed by atoms with van der Waals surface area (Å²) in [6.07, 6.45) is 1.11. The van der Waals surface area contributed by atoms with Gasteiger partial charge < -0.3 is 5.32 Å². The van der Waals surface area contributed by atoms with Gasteiger partial charge in [-0.15, -0.1) is 0 Å². The fraction of sp³-hybridized carbons (Fsp3) is 0.227. The van der Waals surface area contributed by atoms with Crippen molar-refractivity contribution in [3.8, 4) is 0 Å². The lowest BCUT2D eigenvalue weighted by Crippen LogP contribution is -2.43. The number of anilines is 1. The molecule has 1 N–H and O–H groups in total. The fourth-order valence-electron chi connectivity index (χ4n) is 3.68. The van der Waals surface area contributed by atoms with Crippen LogP contribution in [-0.4, -0.2) is 31.7 Å². The first-order valence-corrected chi connectivity index (χ1v) is 11.8. The highest BCUT2D eigenvalue weighted by atomic mass is 79.9. The summed E-state index contributed by atoms with van der Waals surface area (Å²) in [5.74, 6) is -1.47. The molecule has 1 aliphatic rings. The minimum atomic E-state index is -3.73. The SMILES string of the molecule is O=C(Nc1ccc(Br)cc1F)[C@@H]1CCCN(S(=O)(=O)c2ccc3ccccc3c2)C1. The Balaban J connectivity index is 1.52. The van der Waals surface area contributed by atoms with Gasteiger partial charge >= 0.3 is 0 Å². The minimum Gasteiger partial charge on any atom is -0.323 e. The number of halogens is 2. The number of amides is 1. The van der Waals surface area contributed by atoms with Crippen LogP contribution in [0.3, 0.4) is 0 Å². The second kappa shape index (κ2) is 8.45. The first kappa shape index (κ1) is 21.0. The zero-order valence-corrected chi connectivity index (χ0v) is 18.4. The summed E-state index contributed by atoms with van der Waals surface area (Å²) in [4.78, 5) is 12.9. The Morgan fingerprint density at radius 2 is 1.83 bits per heavy atom. The van der Waals surface area contributed by atoms with Gasteiger partial charge in [0.2, 0.25) is 15.9 Å². The van der Waals surface area contributed by atoms with Crippen LogP contribution in [-0.2, 0) is 14.8 Å². The van der Waals surface area contributed by atoms with Gasteiger partial charge in [0.15, 0.2) is 0 Å². The summed E-state index contributed by atoms with van der Waals surface area (Å²) in [6.45, 7) is 0.421. The molecule has 1 saturated heterocycles. The number of benzene rings is 3. The minimum absolute atomic E-state index is 0.0686. The van der Waals surface area contributed by atoms with Crippen LogP contribution in [0.1, 0.15) is 12.8 Å². The molecule has 0 aliphatic carbocycles. The Morgan fingerprint density at radius 1 is 1.07 bits per heavy atom. The Kier molecular flexibility index (Phi) is 5.90. The van der Waals surface area contributed by atoms with E-state index in [4.69, 9.17) is 0 Å². The molecule has 3 aromatic carbocycles. The molecule has 0 radical (unpaired) electrons. The Morgan fingerprint density at radius 3 is 2.60 bits per heavy atom. The zero-order chi connectivity index (χ0) is 21.3. The van der Waals surface area contributed by atoms with Crippen LogP contribution < -0.4 is 5.32 Å². The quantitative estimate of drug-likeness (QED) is 0.572. The van der Waals surface area contributed by atoms with Gasteiger partial charge in [-0.1, -0.05) is 46.3 Å². The zero-order valence-electron chi connectivity index (χ0n) is 16.0. The Bertz CT molecular complexity index is 1220. The number of fused-ring (bicyclic) bond motifs is 1. The van der Waals surface area contributed by atoms with Crippen LogP contribution >= 0.6 is 15.9 Å². The number of hydrogen-bond donors (Lipinski definition) is 1. The molecule has 30 heavy (non-hydrogen) atoms. The molecule has 0 saturated carbocycles. The maximum atomic E-state index is 14.0. The van der Waals surface area contributed by atoms with Gasteiger partial charge in [-0.3, -0.25) is 4.79 Å². The second-order valence-corrected chi connectivity index (χ2v) is 10.2. The molecule has 0 unspecified atom stereocenters. The molecule has 8 heteroatoms. The number of sulfonamides is 1. The lowest BCUT2D eigenvalue weighted by molar-refractivity contribution is -0.120. The van der Waals surface area contributed by atoms with E-state index in [1.807, 2.05) is 24.3 Å². The number of carbonyl (C=O) groups is 1. The van der Waals surface area contributed by atoms with Gasteiger partial charge in [0.25, 0.3) is 0 Å². The van der Waals surface area contributed by atoms with Crippen molar-refractivity contribution in [2.75, 3.05) is 18.4 Å². The lowest BCUT2D eigenvalue weighted by Gasteiger charge is -2.31. The molecule has 1 heterocycles. The van der Waals surface area contributed by atoms with Crippen LogP contribution in [0.15, 0.2) is 70.0 Å². The highest BCUT2D eigenvalue weighted by Gasteiger charge is 2.33. The van der Waals surface area contributed by atoms with Gasteiger partial charge in [-0.2, -0.15) is 4.31 Å². The number of piperidine rings is 1. The third-order valence-corrected chi connectivity index (χ3v) is 7.66. The van der Waals surface area contributed by atoms with Gasteiger partial charge in [0, 0.05) is 17.6 Å². The molecule has 4 rings (SSSR count). The third-order valence-electron chi connectivity index (χ3n) is 5.30. The number of carbonyl (C=O) groups excluding carboxylic acids is 1. The van der Waals surface area contributed by atoms with E-state index in [2.05, 4.69) is 21.2 Å². The van der Waals surface area contributed by atoms with E-state index in [0.29, 0.717) is 23.9 Å². The second-order valence-electron chi connectivity index (χ2n) is 7.32. The molecule has 156 valence electrons. The summed E-state index contributed by atoms with van der Waals surface area (Å²) in [6, 6.07) is 17.0. The van der Waals surface area contributed by atoms with Crippen molar-refractivity contribution >= 4 is 48.3 Å². The summed E-state index contributed by atoms with van der Waals surface area (Å²) in [5, 5.41) is 4.39. The average molecular weight is 491 g/mol. The Labute approximate surface area is 183 Å². The maximum Gasteiger partial charge on any atom is 0.243 e. The predicted octanol–water partition coefficient (Wildman–Crippen LogP) is 4.78. The fourth-order valence-corrected chi connectivity index (χ4v) is 5.57. The van der Waals surface area contributed by atoms with E-state index in [0.717, 1.165) is 10.8 Å². The number of hydrogen-bond acceptors (Lipinski definition) is 3. The summed E-state index contributed by atoms with van der Waals surface area (Å²) >= 11 is 3.18. The summed E-state index contributed by atoms with van der Waals surface area (Å²) in [7, 11) is -3.73. The molecule has 1 aliphatic heterocycles. The largest absolute Gasteiger partial charge is 0.323 e. The molecule has 0 bridgehead atoms. The number of rotatable bonds is 4. The van der Waals surface area contributed by atoms with Crippen LogP contribution in [0.5, 0.6) is 0 Å². The lowest BCUT2D eigenvalue weighted by atomic mass is 9.98. The predicted molar refractivity (Wildman–Crippen MR) is 118 cm³/mol. The van der Waals surface area contributed by atoms with E-state index in [1.165, 1.54) is 16.4 Å². The van der Waals surface area contributed by atoms with Gasteiger partial charge in [0.05, 0.1) is 16.5 Å². The van der Waals surface area contributed by atoms with Crippen LogP contribution in [0.2, 0.25) is 0 Å². The maximum absolute atomic E-state index is 14.0. The molecule has 3 aromatic rings. The third kappa shape index (κ3) is 4.26. The molecule has 0 aromatic heterocycles. The van der Waals surface area contributed by atoms with Crippen LogP contribution in [0.4, 0.5) is 10.1 Å². The average Bonchev–Trinajstić information content (AvgIpc) is 2.75. The van der Waals surface area contributed by atoms with Crippen LogP contribution in [0, 0.1) is 11.7 Å². The van der Waals surface area contributed by atoms with E-state index in [9.17, 15) is 17.6 Å². The first-order valence-electron chi connectivity index (χ1n) is 9.59. The molecule has 1 amide bonds. The molecule has 1 fully saturated rings. The van der Waals surface area contributed by atoms with E-state index in [-0.39, 0.29) is 23.0 Å². The van der Waals surface area contributed by atoms with Crippen molar-refractivity contribution in [1.82, 2.24) is 4.31 Å².